The van der Waals surface area contributed by atoms with E-state index in [0.717, 1.165) is 11.0 Å². The quantitative estimate of drug-likeness (QED) is 0.527. The number of hydrogen-bond acceptors (Lipinski definition) is 4. The minimum Gasteiger partial charge on any atom is -0.400 e. The normalized spacial score (nSPS) is 20.9. The highest BCUT2D eigenvalue weighted by Gasteiger charge is 2.52. The molecule has 6 heteroatoms. The van der Waals surface area contributed by atoms with E-state index in [1.807, 2.05) is 33.8 Å². The maximum Gasteiger partial charge on any atom is 0.491 e. The van der Waals surface area contributed by atoms with Crippen molar-refractivity contribution in [2.24, 2.45) is 0 Å². The molecular weight excluding hydrogens is 288 g/mol. The van der Waals surface area contributed by atoms with Gasteiger partial charge in [-0.05, 0) is 51.7 Å². The number of aromatic nitrogens is 1. The lowest BCUT2D eigenvalue weighted by atomic mass is 9.78. The summed E-state index contributed by atoms with van der Waals surface area (Å²) in [5.74, 6) is 0.0444. The van der Waals surface area contributed by atoms with Crippen molar-refractivity contribution in [1.82, 2.24) is 4.98 Å². The molecule has 0 saturated carbocycles. The SMILES string of the molecule is Cc1cc(C=C(CS)B2OC(C)(C)C(C)(C)O2)cnc1F. The zero-order valence-corrected chi connectivity index (χ0v) is 14.0. The fourth-order valence-corrected chi connectivity index (χ4v) is 2.30. The van der Waals surface area contributed by atoms with Crippen molar-refractivity contribution >= 4 is 25.8 Å². The smallest absolute Gasteiger partial charge is 0.400 e. The molecule has 0 radical (unpaired) electrons. The van der Waals surface area contributed by atoms with Crippen LogP contribution in [0.3, 0.4) is 0 Å². The maximum atomic E-state index is 13.2. The zero-order chi connectivity index (χ0) is 15.8. The standard InChI is InChI=1S/C15H21BFNO2S/c1-10-6-11(8-18-13(10)17)7-12(9-21)16-19-14(2,3)15(4,5)20-16/h6-8,21H,9H2,1-5H3. The summed E-state index contributed by atoms with van der Waals surface area (Å²) in [6.45, 7) is 9.72. The van der Waals surface area contributed by atoms with Crippen LogP contribution in [0.25, 0.3) is 6.08 Å². The second-order valence-corrected chi connectivity index (χ2v) is 6.66. The topological polar surface area (TPSA) is 31.4 Å². The maximum absolute atomic E-state index is 13.2. The third kappa shape index (κ3) is 3.33. The third-order valence-corrected chi connectivity index (χ3v) is 4.49. The largest absolute Gasteiger partial charge is 0.491 e. The molecule has 1 saturated heterocycles. The van der Waals surface area contributed by atoms with E-state index in [2.05, 4.69) is 17.6 Å². The number of aryl methyl sites for hydroxylation is 1. The number of pyridine rings is 1. The first-order chi connectivity index (χ1) is 9.66. The lowest BCUT2D eigenvalue weighted by molar-refractivity contribution is 0.00578. The predicted molar refractivity (Wildman–Crippen MR) is 86.8 cm³/mol. The van der Waals surface area contributed by atoms with Gasteiger partial charge in [0.1, 0.15) is 0 Å². The average molecular weight is 309 g/mol. The van der Waals surface area contributed by atoms with Gasteiger partial charge < -0.3 is 9.31 Å². The number of thiol groups is 1. The summed E-state index contributed by atoms with van der Waals surface area (Å²) in [4.78, 5) is 3.73. The van der Waals surface area contributed by atoms with Crippen molar-refractivity contribution in [2.75, 3.05) is 5.75 Å². The Morgan fingerprint density at radius 3 is 2.38 bits per heavy atom. The molecular formula is C15H21BFNO2S. The van der Waals surface area contributed by atoms with E-state index in [1.54, 1.807) is 13.0 Å². The zero-order valence-electron chi connectivity index (χ0n) is 13.1. The molecule has 21 heavy (non-hydrogen) atoms. The first-order valence-corrected chi connectivity index (χ1v) is 7.58. The molecule has 1 aromatic rings. The molecule has 1 aliphatic heterocycles. The average Bonchev–Trinajstić information content (AvgIpc) is 2.59. The van der Waals surface area contributed by atoms with Gasteiger partial charge in [0.05, 0.1) is 11.2 Å². The van der Waals surface area contributed by atoms with Gasteiger partial charge in [-0.2, -0.15) is 17.0 Å². The van der Waals surface area contributed by atoms with Crippen molar-refractivity contribution in [3.05, 3.63) is 34.8 Å². The Labute approximate surface area is 131 Å². The van der Waals surface area contributed by atoms with Gasteiger partial charge in [0.15, 0.2) is 0 Å². The van der Waals surface area contributed by atoms with Crippen LogP contribution in [0, 0.1) is 12.9 Å². The van der Waals surface area contributed by atoms with E-state index >= 15 is 0 Å². The second kappa shape index (κ2) is 5.74. The monoisotopic (exact) mass is 309 g/mol. The first-order valence-electron chi connectivity index (χ1n) is 6.95. The number of hydrogen-bond donors (Lipinski definition) is 1. The molecule has 1 aromatic heterocycles. The lowest BCUT2D eigenvalue weighted by Crippen LogP contribution is -2.41. The molecule has 0 atom stereocenters. The fourth-order valence-electron chi connectivity index (χ4n) is 2.06. The van der Waals surface area contributed by atoms with Crippen LogP contribution in [0.5, 0.6) is 0 Å². The molecule has 1 fully saturated rings. The number of rotatable bonds is 3. The van der Waals surface area contributed by atoms with Gasteiger partial charge in [0, 0.05) is 17.5 Å². The van der Waals surface area contributed by atoms with Crippen molar-refractivity contribution in [3.63, 3.8) is 0 Å². The van der Waals surface area contributed by atoms with Gasteiger partial charge in [0.25, 0.3) is 0 Å². The van der Waals surface area contributed by atoms with Gasteiger partial charge in [-0.25, -0.2) is 4.98 Å². The van der Waals surface area contributed by atoms with Gasteiger partial charge in [-0.1, -0.05) is 6.08 Å². The summed E-state index contributed by atoms with van der Waals surface area (Å²) in [6.07, 6.45) is 3.39. The Morgan fingerprint density at radius 2 is 1.90 bits per heavy atom. The second-order valence-electron chi connectivity index (χ2n) is 6.34. The number of halogens is 1. The van der Waals surface area contributed by atoms with Crippen LogP contribution in [0.1, 0.15) is 38.8 Å². The van der Waals surface area contributed by atoms with E-state index in [1.165, 1.54) is 6.20 Å². The van der Waals surface area contributed by atoms with Gasteiger partial charge in [-0.15, -0.1) is 0 Å². The van der Waals surface area contributed by atoms with Crippen molar-refractivity contribution in [3.8, 4) is 0 Å². The Morgan fingerprint density at radius 1 is 1.33 bits per heavy atom. The molecule has 0 aliphatic carbocycles. The van der Waals surface area contributed by atoms with Gasteiger partial charge in [-0.3, -0.25) is 0 Å². The van der Waals surface area contributed by atoms with Gasteiger partial charge >= 0.3 is 7.12 Å². The van der Waals surface area contributed by atoms with Crippen molar-refractivity contribution in [2.45, 2.75) is 45.8 Å². The molecule has 2 heterocycles. The van der Waals surface area contributed by atoms with Crippen LogP contribution in [-0.4, -0.2) is 29.1 Å². The van der Waals surface area contributed by atoms with Gasteiger partial charge in [0.2, 0.25) is 5.95 Å². The van der Waals surface area contributed by atoms with E-state index in [-0.39, 0.29) is 0 Å². The van der Waals surface area contributed by atoms with E-state index in [9.17, 15) is 4.39 Å². The summed E-state index contributed by atoms with van der Waals surface area (Å²) in [5, 5.41) is 0. The number of nitrogens with zero attached hydrogens (tertiary/aromatic N) is 1. The molecule has 0 N–H and O–H groups in total. The minimum absolute atomic E-state index is 0.392. The van der Waals surface area contributed by atoms with E-state index < -0.39 is 24.3 Å². The highest BCUT2D eigenvalue weighted by Crippen LogP contribution is 2.39. The molecule has 2 rings (SSSR count). The van der Waals surface area contributed by atoms with Crippen LogP contribution in [0.4, 0.5) is 4.39 Å². The van der Waals surface area contributed by atoms with Crippen LogP contribution in [0.15, 0.2) is 17.7 Å². The van der Waals surface area contributed by atoms with E-state index in [4.69, 9.17) is 9.31 Å². The van der Waals surface area contributed by atoms with Crippen molar-refractivity contribution in [1.29, 1.82) is 0 Å². The molecule has 3 nitrogen and oxygen atoms in total. The predicted octanol–water partition coefficient (Wildman–Crippen LogP) is 3.47. The molecule has 0 spiro atoms. The summed E-state index contributed by atoms with van der Waals surface area (Å²) in [6, 6.07) is 1.75. The Kier molecular flexibility index (Phi) is 4.52. The van der Waals surface area contributed by atoms with Crippen LogP contribution in [-0.2, 0) is 9.31 Å². The molecule has 114 valence electrons. The molecule has 0 amide bonds. The first kappa shape index (κ1) is 16.5. The van der Waals surface area contributed by atoms with Crippen LogP contribution >= 0.6 is 12.6 Å². The lowest BCUT2D eigenvalue weighted by Gasteiger charge is -2.32. The van der Waals surface area contributed by atoms with Crippen molar-refractivity contribution < 1.29 is 13.7 Å². The summed E-state index contributed by atoms with van der Waals surface area (Å²) >= 11 is 4.36. The molecule has 1 aliphatic rings. The van der Waals surface area contributed by atoms with Crippen LogP contribution in [0.2, 0.25) is 0 Å². The highest BCUT2D eigenvalue weighted by molar-refractivity contribution is 7.80. The summed E-state index contributed by atoms with van der Waals surface area (Å²) < 4.78 is 25.2. The van der Waals surface area contributed by atoms with E-state index in [0.29, 0.717) is 11.3 Å². The Hall–Kier alpha value is -0.845. The Bertz CT molecular complexity index is 559. The summed E-state index contributed by atoms with van der Waals surface area (Å²) in [7, 11) is -0.446. The molecule has 0 aromatic carbocycles. The van der Waals surface area contributed by atoms with Crippen LogP contribution < -0.4 is 0 Å². The summed E-state index contributed by atoms with van der Waals surface area (Å²) in [5.41, 5.74) is 1.43. The molecule has 0 unspecified atom stereocenters. The fraction of sp³-hybridized carbons (Fsp3) is 0.533. The third-order valence-electron chi connectivity index (χ3n) is 4.13. The minimum atomic E-state index is -0.449. The highest BCUT2D eigenvalue weighted by atomic mass is 32.1. The molecule has 0 bridgehead atoms. The Balaban J connectivity index is 2.28.